The maximum Gasteiger partial charge on any atom is 0.130 e. The third-order valence-corrected chi connectivity index (χ3v) is 2.48. The Balaban J connectivity index is 2.92. The molecule has 0 spiro atoms. The average molecular weight is 166 g/mol. The van der Waals surface area contributed by atoms with Crippen molar-refractivity contribution in [2.75, 3.05) is 0 Å². The molecule has 2 nitrogen and oxygen atoms in total. The third kappa shape index (κ3) is 1.42. The molecule has 2 heteroatoms. The van der Waals surface area contributed by atoms with Crippen molar-refractivity contribution in [3.63, 3.8) is 0 Å². The van der Waals surface area contributed by atoms with Crippen LogP contribution in [-0.2, 0) is 4.79 Å². The van der Waals surface area contributed by atoms with Crippen molar-refractivity contribution < 1.29 is 9.90 Å². The van der Waals surface area contributed by atoms with E-state index in [9.17, 15) is 9.90 Å². The molecule has 0 saturated carbocycles. The summed E-state index contributed by atoms with van der Waals surface area (Å²) in [6, 6.07) is 0. The van der Waals surface area contributed by atoms with Gasteiger partial charge in [0.1, 0.15) is 6.29 Å². The molecule has 0 radical (unpaired) electrons. The van der Waals surface area contributed by atoms with Crippen LogP contribution in [0, 0.1) is 11.3 Å². The average Bonchev–Trinajstić information content (AvgIpc) is 2.04. The first-order chi connectivity index (χ1) is 5.60. The quantitative estimate of drug-likeness (QED) is 0.639. The van der Waals surface area contributed by atoms with Gasteiger partial charge in [-0.15, -0.1) is 0 Å². The van der Waals surface area contributed by atoms with E-state index < -0.39 is 5.41 Å². The highest BCUT2D eigenvalue weighted by atomic mass is 16.3. The predicted octanol–water partition coefficient (Wildman–Crippen LogP) is 2.23. The molecule has 0 aliphatic heterocycles. The fraction of sp³-hybridized carbons (Fsp3) is 0.500. The smallest absolute Gasteiger partial charge is 0.130 e. The van der Waals surface area contributed by atoms with Gasteiger partial charge in [-0.1, -0.05) is 26.0 Å². The van der Waals surface area contributed by atoms with Crippen LogP contribution in [-0.4, -0.2) is 11.4 Å². The normalized spacial score (nSPS) is 28.8. The second-order valence-electron chi connectivity index (χ2n) is 3.58. The van der Waals surface area contributed by atoms with Crippen molar-refractivity contribution in [2.24, 2.45) is 11.3 Å². The second-order valence-corrected chi connectivity index (χ2v) is 3.58. The Morgan fingerprint density at radius 3 is 2.67 bits per heavy atom. The van der Waals surface area contributed by atoms with Crippen LogP contribution in [0.5, 0.6) is 0 Å². The minimum Gasteiger partial charge on any atom is -0.512 e. The van der Waals surface area contributed by atoms with Crippen LogP contribution in [0.15, 0.2) is 24.0 Å². The van der Waals surface area contributed by atoms with E-state index >= 15 is 0 Å². The molecular weight excluding hydrogens is 152 g/mol. The molecule has 12 heavy (non-hydrogen) atoms. The van der Waals surface area contributed by atoms with E-state index in [0.29, 0.717) is 12.2 Å². The van der Waals surface area contributed by atoms with Crippen LogP contribution in [0.3, 0.4) is 0 Å². The van der Waals surface area contributed by atoms with Crippen molar-refractivity contribution >= 4 is 6.29 Å². The lowest BCUT2D eigenvalue weighted by atomic mass is 9.73. The van der Waals surface area contributed by atoms with E-state index in [0.717, 1.165) is 6.29 Å². The summed E-state index contributed by atoms with van der Waals surface area (Å²) in [5.74, 6) is 0.514. The lowest BCUT2D eigenvalue weighted by Gasteiger charge is -2.30. The lowest BCUT2D eigenvalue weighted by molar-refractivity contribution is -0.116. The summed E-state index contributed by atoms with van der Waals surface area (Å²) < 4.78 is 0. The first-order valence-corrected chi connectivity index (χ1v) is 4.14. The van der Waals surface area contributed by atoms with Gasteiger partial charge in [0.2, 0.25) is 0 Å². The Bertz CT molecular complexity index is 238. The first-order valence-electron chi connectivity index (χ1n) is 4.14. The van der Waals surface area contributed by atoms with Crippen LogP contribution in [0.4, 0.5) is 0 Å². The van der Waals surface area contributed by atoms with Gasteiger partial charge >= 0.3 is 0 Å². The largest absolute Gasteiger partial charge is 0.512 e. The Hall–Kier alpha value is -1.05. The maximum absolute atomic E-state index is 10.9. The first kappa shape index (κ1) is 9.04. The van der Waals surface area contributed by atoms with E-state index in [1.165, 1.54) is 0 Å². The number of allylic oxidation sites excluding steroid dienone is 4. The fourth-order valence-electron chi connectivity index (χ4n) is 1.38. The number of aliphatic hydroxyl groups is 1. The van der Waals surface area contributed by atoms with Crippen molar-refractivity contribution in [2.45, 2.75) is 20.3 Å². The molecule has 1 aliphatic rings. The Morgan fingerprint density at radius 2 is 2.33 bits per heavy atom. The minimum absolute atomic E-state index is 0.224. The monoisotopic (exact) mass is 166 g/mol. The molecule has 1 aliphatic carbocycles. The number of hydrogen-bond acceptors (Lipinski definition) is 2. The molecule has 1 unspecified atom stereocenters. The standard InChI is InChI=1S/C10H14O2/c1-8(2)10(7-11)5-3-4-9(12)6-10/h3-5,7-8,12H,6H2,1-2H3. The second kappa shape index (κ2) is 3.13. The summed E-state index contributed by atoms with van der Waals surface area (Å²) >= 11 is 0. The SMILES string of the molecule is CC(C)C1(C=O)C=CC=C(O)C1. The van der Waals surface area contributed by atoms with Gasteiger partial charge in [0, 0.05) is 6.42 Å². The number of hydrogen-bond donors (Lipinski definition) is 1. The van der Waals surface area contributed by atoms with Gasteiger partial charge in [0.25, 0.3) is 0 Å². The molecule has 0 aromatic heterocycles. The summed E-state index contributed by atoms with van der Waals surface area (Å²) in [5.41, 5.74) is -0.487. The van der Waals surface area contributed by atoms with Gasteiger partial charge in [0.05, 0.1) is 11.2 Å². The molecule has 0 amide bonds. The van der Waals surface area contributed by atoms with E-state index in [2.05, 4.69) is 0 Å². The molecule has 1 atom stereocenters. The van der Waals surface area contributed by atoms with Crippen LogP contribution in [0.25, 0.3) is 0 Å². The van der Waals surface area contributed by atoms with Gasteiger partial charge < -0.3 is 9.90 Å². The zero-order valence-corrected chi connectivity index (χ0v) is 7.45. The fourth-order valence-corrected chi connectivity index (χ4v) is 1.38. The summed E-state index contributed by atoms with van der Waals surface area (Å²) in [6.45, 7) is 3.97. The zero-order chi connectivity index (χ0) is 9.19. The van der Waals surface area contributed by atoms with Crippen molar-refractivity contribution in [1.29, 1.82) is 0 Å². The van der Waals surface area contributed by atoms with E-state index in [1.807, 2.05) is 19.9 Å². The van der Waals surface area contributed by atoms with Crippen molar-refractivity contribution in [1.82, 2.24) is 0 Å². The third-order valence-electron chi connectivity index (χ3n) is 2.48. The Labute approximate surface area is 72.6 Å². The summed E-state index contributed by atoms with van der Waals surface area (Å²) in [5, 5.41) is 9.28. The highest BCUT2D eigenvalue weighted by Crippen LogP contribution is 2.35. The van der Waals surface area contributed by atoms with Crippen molar-refractivity contribution in [3.05, 3.63) is 24.0 Å². The molecule has 0 bridgehead atoms. The lowest BCUT2D eigenvalue weighted by Crippen LogP contribution is -2.28. The minimum atomic E-state index is -0.487. The molecule has 0 heterocycles. The van der Waals surface area contributed by atoms with Crippen LogP contribution >= 0.6 is 0 Å². The summed E-state index contributed by atoms with van der Waals surface area (Å²) in [4.78, 5) is 10.9. The number of aldehydes is 1. The number of carbonyl (C=O) groups is 1. The van der Waals surface area contributed by atoms with Gasteiger partial charge in [-0.3, -0.25) is 0 Å². The number of aliphatic hydroxyl groups excluding tert-OH is 1. The van der Waals surface area contributed by atoms with E-state index in [-0.39, 0.29) is 5.92 Å². The Morgan fingerprint density at radius 1 is 1.67 bits per heavy atom. The maximum atomic E-state index is 10.9. The van der Waals surface area contributed by atoms with Crippen molar-refractivity contribution in [3.8, 4) is 0 Å². The van der Waals surface area contributed by atoms with E-state index in [1.54, 1.807) is 12.2 Å². The molecule has 1 N–H and O–H groups in total. The molecule has 66 valence electrons. The van der Waals surface area contributed by atoms with Gasteiger partial charge in [-0.25, -0.2) is 0 Å². The molecule has 0 saturated heterocycles. The molecular formula is C10H14O2. The van der Waals surface area contributed by atoms with Crippen LogP contribution in [0.1, 0.15) is 20.3 Å². The van der Waals surface area contributed by atoms with Gasteiger partial charge in [-0.05, 0) is 12.0 Å². The molecule has 0 aromatic rings. The summed E-state index contributed by atoms with van der Waals surface area (Å²) in [6.07, 6.45) is 6.60. The molecule has 0 aromatic carbocycles. The number of rotatable bonds is 2. The van der Waals surface area contributed by atoms with E-state index in [4.69, 9.17) is 0 Å². The van der Waals surface area contributed by atoms with Gasteiger partial charge in [-0.2, -0.15) is 0 Å². The summed E-state index contributed by atoms with van der Waals surface area (Å²) in [7, 11) is 0. The predicted molar refractivity (Wildman–Crippen MR) is 47.8 cm³/mol. The van der Waals surface area contributed by atoms with Crippen LogP contribution < -0.4 is 0 Å². The molecule has 1 rings (SSSR count). The highest BCUT2D eigenvalue weighted by Gasteiger charge is 2.33. The Kier molecular flexibility index (Phi) is 2.36. The molecule has 0 fully saturated rings. The zero-order valence-electron chi connectivity index (χ0n) is 7.45. The topological polar surface area (TPSA) is 37.3 Å². The van der Waals surface area contributed by atoms with Crippen LogP contribution in [0.2, 0.25) is 0 Å². The highest BCUT2D eigenvalue weighted by molar-refractivity contribution is 5.64. The van der Waals surface area contributed by atoms with Gasteiger partial charge in [0.15, 0.2) is 0 Å². The number of carbonyl (C=O) groups excluding carboxylic acids is 1.